The van der Waals surface area contributed by atoms with Gasteiger partial charge in [-0.25, -0.2) is 0 Å². The molecule has 0 saturated carbocycles. The molecule has 1 aliphatic heterocycles. The Kier molecular flexibility index (Phi) is 7.83. The van der Waals surface area contributed by atoms with Crippen molar-refractivity contribution in [2.24, 2.45) is 5.92 Å². The molecule has 4 heteroatoms. The summed E-state index contributed by atoms with van der Waals surface area (Å²) in [6, 6.07) is 0. The Labute approximate surface area is 92.4 Å². The molecule has 1 aliphatic rings. The van der Waals surface area contributed by atoms with Crippen molar-refractivity contribution < 1.29 is 9.84 Å². The van der Waals surface area contributed by atoms with E-state index in [-0.39, 0.29) is 6.61 Å². The zero-order valence-corrected chi connectivity index (χ0v) is 9.50. The molecule has 1 unspecified atom stereocenters. The van der Waals surface area contributed by atoms with Gasteiger partial charge < -0.3 is 20.5 Å². The molecule has 0 aromatic carbocycles. The molecule has 0 bridgehead atoms. The van der Waals surface area contributed by atoms with Crippen molar-refractivity contribution in [1.29, 1.82) is 0 Å². The second-order valence-electron chi connectivity index (χ2n) is 4.11. The largest absolute Gasteiger partial charge is 0.394 e. The van der Waals surface area contributed by atoms with Gasteiger partial charge in [0.05, 0.1) is 13.2 Å². The summed E-state index contributed by atoms with van der Waals surface area (Å²) in [4.78, 5) is 0. The van der Waals surface area contributed by atoms with E-state index in [1.165, 1.54) is 19.4 Å². The molecular weight excluding hydrogens is 192 g/mol. The number of aliphatic hydroxyl groups excluding tert-OH is 1. The van der Waals surface area contributed by atoms with Crippen LogP contribution in [0, 0.1) is 5.92 Å². The van der Waals surface area contributed by atoms with E-state index in [4.69, 9.17) is 9.84 Å². The highest BCUT2D eigenvalue weighted by Crippen LogP contribution is 2.07. The van der Waals surface area contributed by atoms with Gasteiger partial charge in [-0.15, -0.1) is 0 Å². The first-order chi connectivity index (χ1) is 7.43. The predicted molar refractivity (Wildman–Crippen MR) is 61.0 cm³/mol. The molecule has 4 nitrogen and oxygen atoms in total. The summed E-state index contributed by atoms with van der Waals surface area (Å²) >= 11 is 0. The van der Waals surface area contributed by atoms with Crippen molar-refractivity contribution in [3.05, 3.63) is 0 Å². The Bertz CT molecular complexity index is 139. The molecule has 0 radical (unpaired) electrons. The standard InChI is InChI=1S/C11H24N2O2/c14-6-8-15-7-2-5-13-10-11-3-1-4-12-9-11/h11-14H,1-10H2. The average Bonchev–Trinajstić information content (AvgIpc) is 2.29. The molecule has 3 N–H and O–H groups in total. The Morgan fingerprint density at radius 2 is 2.33 bits per heavy atom. The first-order valence-corrected chi connectivity index (χ1v) is 6.03. The van der Waals surface area contributed by atoms with Crippen LogP contribution in [-0.4, -0.2) is 51.1 Å². The van der Waals surface area contributed by atoms with Crippen molar-refractivity contribution >= 4 is 0 Å². The SMILES string of the molecule is OCCOCCCNCC1CCCNC1. The topological polar surface area (TPSA) is 53.5 Å². The van der Waals surface area contributed by atoms with Crippen molar-refractivity contribution in [2.45, 2.75) is 19.3 Å². The van der Waals surface area contributed by atoms with Crippen LogP contribution >= 0.6 is 0 Å². The van der Waals surface area contributed by atoms with Crippen LogP contribution in [-0.2, 0) is 4.74 Å². The molecule has 0 aromatic rings. The minimum atomic E-state index is 0.126. The molecule has 15 heavy (non-hydrogen) atoms. The molecule has 0 aromatic heterocycles. The van der Waals surface area contributed by atoms with Crippen molar-refractivity contribution in [3.8, 4) is 0 Å². The summed E-state index contributed by atoms with van der Waals surface area (Å²) < 4.78 is 5.17. The van der Waals surface area contributed by atoms with Gasteiger partial charge in [-0.2, -0.15) is 0 Å². The molecule has 1 rings (SSSR count). The molecule has 1 saturated heterocycles. The van der Waals surface area contributed by atoms with Crippen LogP contribution in [0.1, 0.15) is 19.3 Å². The average molecular weight is 216 g/mol. The highest BCUT2D eigenvalue weighted by Gasteiger charge is 2.11. The van der Waals surface area contributed by atoms with E-state index in [9.17, 15) is 0 Å². The molecule has 1 fully saturated rings. The molecule has 0 spiro atoms. The van der Waals surface area contributed by atoms with E-state index >= 15 is 0 Å². The maximum atomic E-state index is 8.49. The van der Waals surface area contributed by atoms with Crippen molar-refractivity contribution in [1.82, 2.24) is 10.6 Å². The third-order valence-electron chi connectivity index (χ3n) is 2.71. The zero-order valence-electron chi connectivity index (χ0n) is 9.50. The van der Waals surface area contributed by atoms with Gasteiger partial charge in [0.1, 0.15) is 0 Å². The number of ether oxygens (including phenoxy) is 1. The van der Waals surface area contributed by atoms with Crippen LogP contribution in [0.4, 0.5) is 0 Å². The van der Waals surface area contributed by atoms with Gasteiger partial charge in [-0.3, -0.25) is 0 Å². The first-order valence-electron chi connectivity index (χ1n) is 6.03. The lowest BCUT2D eigenvalue weighted by Gasteiger charge is -2.22. The third kappa shape index (κ3) is 6.84. The lowest BCUT2D eigenvalue weighted by atomic mass is 10.00. The quantitative estimate of drug-likeness (QED) is 0.499. The fourth-order valence-corrected chi connectivity index (χ4v) is 1.87. The van der Waals surface area contributed by atoms with Crippen LogP contribution in [0.15, 0.2) is 0 Å². The summed E-state index contributed by atoms with van der Waals surface area (Å²) in [5.41, 5.74) is 0. The number of rotatable bonds is 8. The Morgan fingerprint density at radius 3 is 3.07 bits per heavy atom. The van der Waals surface area contributed by atoms with Gasteiger partial charge in [-0.1, -0.05) is 0 Å². The minimum absolute atomic E-state index is 0.126. The van der Waals surface area contributed by atoms with Gasteiger partial charge >= 0.3 is 0 Å². The lowest BCUT2D eigenvalue weighted by Crippen LogP contribution is -2.36. The normalized spacial score (nSPS) is 21.8. The van der Waals surface area contributed by atoms with Crippen LogP contribution < -0.4 is 10.6 Å². The molecule has 90 valence electrons. The van der Waals surface area contributed by atoms with Gasteiger partial charge in [0.15, 0.2) is 0 Å². The number of nitrogens with one attached hydrogen (secondary N) is 2. The highest BCUT2D eigenvalue weighted by molar-refractivity contribution is 4.70. The maximum absolute atomic E-state index is 8.49. The van der Waals surface area contributed by atoms with E-state index < -0.39 is 0 Å². The summed E-state index contributed by atoms with van der Waals surface area (Å²) in [5.74, 6) is 0.803. The van der Waals surface area contributed by atoms with Gasteiger partial charge in [-0.05, 0) is 51.4 Å². The number of piperidine rings is 1. The fraction of sp³-hybridized carbons (Fsp3) is 1.00. The molecule has 1 heterocycles. The van der Waals surface area contributed by atoms with Crippen LogP contribution in [0.5, 0.6) is 0 Å². The van der Waals surface area contributed by atoms with E-state index in [1.807, 2.05) is 0 Å². The van der Waals surface area contributed by atoms with E-state index in [2.05, 4.69) is 10.6 Å². The third-order valence-corrected chi connectivity index (χ3v) is 2.71. The fourth-order valence-electron chi connectivity index (χ4n) is 1.87. The van der Waals surface area contributed by atoms with Crippen LogP contribution in [0.3, 0.4) is 0 Å². The smallest absolute Gasteiger partial charge is 0.0697 e. The predicted octanol–water partition coefficient (Wildman–Crippen LogP) is -0.0254. The molecule has 1 atom stereocenters. The summed E-state index contributed by atoms with van der Waals surface area (Å²) in [6.07, 6.45) is 3.69. The van der Waals surface area contributed by atoms with Gasteiger partial charge in [0.25, 0.3) is 0 Å². The highest BCUT2D eigenvalue weighted by atomic mass is 16.5. The number of hydrogen-bond donors (Lipinski definition) is 3. The van der Waals surface area contributed by atoms with Crippen LogP contribution in [0.2, 0.25) is 0 Å². The Balaban J connectivity index is 1.79. The summed E-state index contributed by atoms with van der Waals surface area (Å²) in [5, 5.41) is 15.4. The molecule has 0 amide bonds. The summed E-state index contributed by atoms with van der Waals surface area (Å²) in [7, 11) is 0. The van der Waals surface area contributed by atoms with Crippen molar-refractivity contribution in [2.75, 3.05) is 46.0 Å². The zero-order chi connectivity index (χ0) is 10.8. The minimum Gasteiger partial charge on any atom is -0.394 e. The van der Waals surface area contributed by atoms with E-state index in [1.54, 1.807) is 0 Å². The Morgan fingerprint density at radius 1 is 1.40 bits per heavy atom. The van der Waals surface area contributed by atoms with Gasteiger partial charge in [0, 0.05) is 6.61 Å². The Hall–Kier alpha value is -0.160. The van der Waals surface area contributed by atoms with E-state index in [0.717, 1.165) is 38.6 Å². The first kappa shape index (κ1) is 12.9. The molecular formula is C11H24N2O2. The van der Waals surface area contributed by atoms with Crippen molar-refractivity contribution in [3.63, 3.8) is 0 Å². The maximum Gasteiger partial charge on any atom is 0.0697 e. The van der Waals surface area contributed by atoms with Gasteiger partial charge in [0.2, 0.25) is 0 Å². The second-order valence-corrected chi connectivity index (χ2v) is 4.11. The molecule has 0 aliphatic carbocycles. The van der Waals surface area contributed by atoms with Crippen LogP contribution in [0.25, 0.3) is 0 Å². The van der Waals surface area contributed by atoms with E-state index in [0.29, 0.717) is 6.61 Å². The number of aliphatic hydroxyl groups is 1. The summed E-state index contributed by atoms with van der Waals surface area (Å²) in [6.45, 7) is 5.82. The lowest BCUT2D eigenvalue weighted by molar-refractivity contribution is 0.0906. The number of hydrogen-bond acceptors (Lipinski definition) is 4. The second kappa shape index (κ2) is 9.09. The monoisotopic (exact) mass is 216 g/mol.